The molecule has 0 heterocycles. The van der Waals surface area contributed by atoms with E-state index < -0.39 is 5.41 Å². The van der Waals surface area contributed by atoms with Crippen LogP contribution in [0.1, 0.15) is 25.3 Å². The SMILES string of the molecule is CCCC(CO)(CO)COCc1ccccc1. The summed E-state index contributed by atoms with van der Waals surface area (Å²) in [5.74, 6) is 0. The molecule has 0 spiro atoms. The second-order valence-corrected chi connectivity index (χ2v) is 4.54. The maximum absolute atomic E-state index is 9.36. The predicted octanol–water partition coefficient (Wildman–Crippen LogP) is 1.97. The van der Waals surface area contributed by atoms with Crippen molar-refractivity contribution in [2.24, 2.45) is 5.41 Å². The fourth-order valence-electron chi connectivity index (χ4n) is 1.86. The summed E-state index contributed by atoms with van der Waals surface area (Å²) in [7, 11) is 0. The zero-order valence-corrected chi connectivity index (χ0v) is 10.4. The van der Waals surface area contributed by atoms with Crippen molar-refractivity contribution in [1.29, 1.82) is 0 Å². The van der Waals surface area contributed by atoms with Crippen LogP contribution in [0.3, 0.4) is 0 Å². The number of aliphatic hydroxyl groups is 2. The molecule has 0 atom stereocenters. The van der Waals surface area contributed by atoms with Crippen LogP contribution in [-0.4, -0.2) is 30.0 Å². The van der Waals surface area contributed by atoms with Crippen LogP contribution in [0.4, 0.5) is 0 Å². The van der Waals surface area contributed by atoms with Gasteiger partial charge in [0.15, 0.2) is 0 Å². The number of ether oxygens (including phenoxy) is 1. The first-order chi connectivity index (χ1) is 8.26. The Hall–Kier alpha value is -0.900. The molecule has 1 aromatic carbocycles. The molecule has 17 heavy (non-hydrogen) atoms. The average molecular weight is 238 g/mol. The number of hydrogen-bond donors (Lipinski definition) is 2. The summed E-state index contributed by atoms with van der Waals surface area (Å²) in [4.78, 5) is 0. The molecule has 1 rings (SSSR count). The lowest BCUT2D eigenvalue weighted by molar-refractivity contribution is -0.0385. The Labute approximate surface area is 103 Å². The third-order valence-corrected chi connectivity index (χ3v) is 2.97. The summed E-state index contributed by atoms with van der Waals surface area (Å²) in [6, 6.07) is 9.90. The molecule has 0 aliphatic rings. The Balaban J connectivity index is 2.42. The van der Waals surface area contributed by atoms with Crippen molar-refractivity contribution < 1.29 is 14.9 Å². The highest BCUT2D eigenvalue weighted by atomic mass is 16.5. The first-order valence-corrected chi connectivity index (χ1v) is 6.10. The smallest absolute Gasteiger partial charge is 0.0717 e. The van der Waals surface area contributed by atoms with E-state index in [0.717, 1.165) is 18.4 Å². The second kappa shape index (κ2) is 7.43. The van der Waals surface area contributed by atoms with Crippen molar-refractivity contribution in [3.63, 3.8) is 0 Å². The van der Waals surface area contributed by atoms with Crippen LogP contribution < -0.4 is 0 Å². The fraction of sp³-hybridized carbons (Fsp3) is 0.571. The van der Waals surface area contributed by atoms with E-state index >= 15 is 0 Å². The summed E-state index contributed by atoms with van der Waals surface area (Å²) < 4.78 is 5.60. The lowest BCUT2D eigenvalue weighted by Crippen LogP contribution is -2.34. The molecule has 3 heteroatoms. The molecule has 96 valence electrons. The van der Waals surface area contributed by atoms with Gasteiger partial charge in [0, 0.05) is 5.41 Å². The normalized spacial score (nSPS) is 11.7. The molecule has 0 fully saturated rings. The topological polar surface area (TPSA) is 49.7 Å². The summed E-state index contributed by atoms with van der Waals surface area (Å²) in [6.45, 7) is 2.88. The highest BCUT2D eigenvalue weighted by Crippen LogP contribution is 2.23. The molecule has 0 saturated carbocycles. The van der Waals surface area contributed by atoms with E-state index in [4.69, 9.17) is 4.74 Å². The maximum Gasteiger partial charge on any atom is 0.0717 e. The highest BCUT2D eigenvalue weighted by molar-refractivity contribution is 5.13. The lowest BCUT2D eigenvalue weighted by atomic mass is 9.86. The van der Waals surface area contributed by atoms with Gasteiger partial charge in [-0.25, -0.2) is 0 Å². The van der Waals surface area contributed by atoms with Gasteiger partial charge in [-0.3, -0.25) is 0 Å². The monoisotopic (exact) mass is 238 g/mol. The minimum atomic E-state index is -0.496. The molecule has 0 amide bonds. The van der Waals surface area contributed by atoms with Gasteiger partial charge in [0.2, 0.25) is 0 Å². The Bertz CT molecular complexity index is 294. The molecular formula is C14H22O3. The van der Waals surface area contributed by atoms with E-state index in [9.17, 15) is 10.2 Å². The van der Waals surface area contributed by atoms with Crippen molar-refractivity contribution in [3.8, 4) is 0 Å². The van der Waals surface area contributed by atoms with Gasteiger partial charge >= 0.3 is 0 Å². The number of rotatable bonds is 8. The zero-order chi connectivity index (χ0) is 12.6. The van der Waals surface area contributed by atoms with Gasteiger partial charge < -0.3 is 14.9 Å². The van der Waals surface area contributed by atoms with Crippen LogP contribution in [-0.2, 0) is 11.3 Å². The van der Waals surface area contributed by atoms with Crippen molar-refractivity contribution in [3.05, 3.63) is 35.9 Å². The molecule has 0 aromatic heterocycles. The largest absolute Gasteiger partial charge is 0.396 e. The number of aliphatic hydroxyl groups excluding tert-OH is 2. The maximum atomic E-state index is 9.36. The molecule has 2 N–H and O–H groups in total. The van der Waals surface area contributed by atoms with E-state index in [2.05, 4.69) is 0 Å². The van der Waals surface area contributed by atoms with Gasteiger partial charge in [0.25, 0.3) is 0 Å². The Morgan fingerprint density at radius 1 is 1.12 bits per heavy atom. The minimum absolute atomic E-state index is 0.0356. The number of hydrogen-bond acceptors (Lipinski definition) is 3. The van der Waals surface area contributed by atoms with Gasteiger partial charge in [0.1, 0.15) is 0 Å². The predicted molar refractivity (Wildman–Crippen MR) is 67.6 cm³/mol. The molecule has 1 aromatic rings. The van der Waals surface area contributed by atoms with E-state index in [1.165, 1.54) is 0 Å². The van der Waals surface area contributed by atoms with E-state index in [1.54, 1.807) is 0 Å². The summed E-state index contributed by atoms with van der Waals surface area (Å²) >= 11 is 0. The summed E-state index contributed by atoms with van der Waals surface area (Å²) in [5, 5.41) is 18.7. The van der Waals surface area contributed by atoms with Crippen molar-refractivity contribution in [2.75, 3.05) is 19.8 Å². The first-order valence-electron chi connectivity index (χ1n) is 6.10. The van der Waals surface area contributed by atoms with Gasteiger partial charge in [-0.2, -0.15) is 0 Å². The highest BCUT2D eigenvalue weighted by Gasteiger charge is 2.28. The van der Waals surface area contributed by atoms with Crippen LogP contribution in [0.5, 0.6) is 0 Å². The van der Waals surface area contributed by atoms with E-state index in [1.807, 2.05) is 37.3 Å². The van der Waals surface area contributed by atoms with E-state index in [-0.39, 0.29) is 13.2 Å². The molecule has 0 saturated heterocycles. The number of benzene rings is 1. The quantitative estimate of drug-likeness (QED) is 0.728. The van der Waals surface area contributed by atoms with Crippen LogP contribution in [0, 0.1) is 5.41 Å². The zero-order valence-electron chi connectivity index (χ0n) is 10.4. The second-order valence-electron chi connectivity index (χ2n) is 4.54. The average Bonchev–Trinajstić information content (AvgIpc) is 2.39. The Morgan fingerprint density at radius 2 is 1.76 bits per heavy atom. The fourth-order valence-corrected chi connectivity index (χ4v) is 1.86. The van der Waals surface area contributed by atoms with Crippen LogP contribution >= 0.6 is 0 Å². The molecule has 0 aliphatic heterocycles. The van der Waals surface area contributed by atoms with Gasteiger partial charge in [-0.05, 0) is 12.0 Å². The molecule has 0 radical (unpaired) electrons. The molecule has 0 aliphatic carbocycles. The lowest BCUT2D eigenvalue weighted by Gasteiger charge is -2.29. The Morgan fingerprint density at radius 3 is 2.29 bits per heavy atom. The van der Waals surface area contributed by atoms with Gasteiger partial charge in [-0.1, -0.05) is 43.7 Å². The third-order valence-electron chi connectivity index (χ3n) is 2.97. The Kier molecular flexibility index (Phi) is 6.19. The van der Waals surface area contributed by atoms with Crippen LogP contribution in [0.25, 0.3) is 0 Å². The van der Waals surface area contributed by atoms with Crippen LogP contribution in [0.2, 0.25) is 0 Å². The van der Waals surface area contributed by atoms with Gasteiger partial charge in [-0.15, -0.1) is 0 Å². The first kappa shape index (κ1) is 14.2. The molecule has 0 bridgehead atoms. The van der Waals surface area contributed by atoms with Crippen molar-refractivity contribution in [1.82, 2.24) is 0 Å². The summed E-state index contributed by atoms with van der Waals surface area (Å²) in [6.07, 6.45) is 1.70. The summed E-state index contributed by atoms with van der Waals surface area (Å²) in [5.41, 5.74) is 0.609. The van der Waals surface area contributed by atoms with Crippen molar-refractivity contribution >= 4 is 0 Å². The molecular weight excluding hydrogens is 216 g/mol. The molecule has 3 nitrogen and oxygen atoms in total. The molecule has 0 unspecified atom stereocenters. The third kappa shape index (κ3) is 4.46. The van der Waals surface area contributed by atoms with Crippen molar-refractivity contribution in [2.45, 2.75) is 26.4 Å². The van der Waals surface area contributed by atoms with E-state index in [0.29, 0.717) is 13.2 Å². The standard InChI is InChI=1S/C14H22O3/c1-2-8-14(10-15,11-16)12-17-9-13-6-4-3-5-7-13/h3-7,15-16H,2,8-12H2,1H3. The minimum Gasteiger partial charge on any atom is -0.396 e. The van der Waals surface area contributed by atoms with Crippen LogP contribution in [0.15, 0.2) is 30.3 Å². The van der Waals surface area contributed by atoms with Gasteiger partial charge in [0.05, 0.1) is 26.4 Å².